The number of nitrogens with zero attached hydrogens (tertiary/aromatic N) is 1. The van der Waals surface area contributed by atoms with Gasteiger partial charge >= 0.3 is 0 Å². The van der Waals surface area contributed by atoms with Crippen molar-refractivity contribution in [1.82, 2.24) is 5.32 Å². The Morgan fingerprint density at radius 2 is 2.06 bits per heavy atom. The van der Waals surface area contributed by atoms with Gasteiger partial charge in [0.1, 0.15) is 0 Å². The molecule has 0 aliphatic heterocycles. The summed E-state index contributed by atoms with van der Waals surface area (Å²) in [6.07, 6.45) is 0.00536. The number of nitro benzene ring substituents is 1. The molecule has 0 radical (unpaired) electrons. The predicted molar refractivity (Wildman–Crippen MR) is 61.7 cm³/mol. The Hall–Kier alpha value is -1.95. The fourth-order valence-electron chi connectivity index (χ4n) is 1.23. The van der Waals surface area contributed by atoms with Gasteiger partial charge in [-0.1, -0.05) is 0 Å². The maximum Gasteiger partial charge on any atom is 0.269 e. The van der Waals surface area contributed by atoms with Crippen molar-refractivity contribution >= 4 is 11.6 Å². The molecule has 6 heteroatoms. The molecule has 1 aromatic rings. The van der Waals surface area contributed by atoms with Crippen molar-refractivity contribution in [2.75, 3.05) is 6.54 Å². The van der Waals surface area contributed by atoms with Gasteiger partial charge in [-0.15, -0.1) is 0 Å². The number of hydrogen-bond acceptors (Lipinski definition) is 4. The van der Waals surface area contributed by atoms with Crippen molar-refractivity contribution in [3.8, 4) is 0 Å². The van der Waals surface area contributed by atoms with Gasteiger partial charge in [0.2, 0.25) is 0 Å². The molecule has 0 aliphatic rings. The third-order valence-corrected chi connectivity index (χ3v) is 2.19. The normalized spacial score (nSPS) is 11.9. The van der Waals surface area contributed by atoms with Gasteiger partial charge < -0.3 is 10.4 Å². The molecule has 1 unspecified atom stereocenters. The molecule has 0 bridgehead atoms. The zero-order chi connectivity index (χ0) is 12.8. The molecule has 1 amide bonds. The van der Waals surface area contributed by atoms with Crippen LogP contribution in [0.15, 0.2) is 24.3 Å². The number of rotatable bonds is 5. The summed E-state index contributed by atoms with van der Waals surface area (Å²) < 4.78 is 0. The van der Waals surface area contributed by atoms with E-state index in [0.29, 0.717) is 18.5 Å². The quantitative estimate of drug-likeness (QED) is 0.593. The van der Waals surface area contributed by atoms with Crippen LogP contribution in [0.1, 0.15) is 23.7 Å². The zero-order valence-electron chi connectivity index (χ0n) is 9.42. The summed E-state index contributed by atoms with van der Waals surface area (Å²) in [7, 11) is 0. The van der Waals surface area contributed by atoms with E-state index < -0.39 is 11.0 Å². The summed E-state index contributed by atoms with van der Waals surface area (Å²) in [5.74, 6) is -0.305. The van der Waals surface area contributed by atoms with Gasteiger partial charge in [0.05, 0.1) is 11.0 Å². The number of benzene rings is 1. The summed E-state index contributed by atoms with van der Waals surface area (Å²) in [5.41, 5.74) is 0.312. The highest BCUT2D eigenvalue weighted by Crippen LogP contribution is 2.11. The molecule has 0 heterocycles. The van der Waals surface area contributed by atoms with E-state index in [2.05, 4.69) is 5.32 Å². The van der Waals surface area contributed by atoms with Crippen LogP contribution in [0.3, 0.4) is 0 Å². The zero-order valence-corrected chi connectivity index (χ0v) is 9.42. The first-order chi connectivity index (χ1) is 8.00. The van der Waals surface area contributed by atoms with Crippen LogP contribution in [0.2, 0.25) is 0 Å². The average Bonchev–Trinajstić information content (AvgIpc) is 2.28. The number of carbonyl (C=O) groups is 1. The number of carbonyl (C=O) groups excluding carboxylic acids is 1. The van der Waals surface area contributed by atoms with E-state index in [4.69, 9.17) is 5.11 Å². The van der Waals surface area contributed by atoms with Gasteiger partial charge in [-0.2, -0.15) is 0 Å². The number of amides is 1. The molecular formula is C11H14N2O4. The van der Waals surface area contributed by atoms with Gasteiger partial charge in [-0.3, -0.25) is 14.9 Å². The molecule has 0 fully saturated rings. The lowest BCUT2D eigenvalue weighted by molar-refractivity contribution is -0.384. The third-order valence-electron chi connectivity index (χ3n) is 2.19. The van der Waals surface area contributed by atoms with E-state index in [9.17, 15) is 14.9 Å². The van der Waals surface area contributed by atoms with Crippen molar-refractivity contribution in [2.45, 2.75) is 19.4 Å². The van der Waals surface area contributed by atoms with E-state index in [1.165, 1.54) is 24.3 Å². The van der Waals surface area contributed by atoms with Crippen LogP contribution >= 0.6 is 0 Å². The molecule has 0 saturated heterocycles. The standard InChI is InChI=1S/C11H14N2O4/c1-8(14)6-7-12-11(15)9-2-4-10(5-3-9)13(16)17/h2-5,8,14H,6-7H2,1H3,(H,12,15). The lowest BCUT2D eigenvalue weighted by Crippen LogP contribution is -2.26. The van der Waals surface area contributed by atoms with Crippen LogP contribution in [-0.2, 0) is 0 Å². The highest BCUT2D eigenvalue weighted by atomic mass is 16.6. The summed E-state index contributed by atoms with van der Waals surface area (Å²) in [6, 6.07) is 5.36. The Balaban J connectivity index is 2.55. The molecule has 1 atom stereocenters. The van der Waals surface area contributed by atoms with Crippen molar-refractivity contribution < 1.29 is 14.8 Å². The minimum absolute atomic E-state index is 0.0504. The van der Waals surface area contributed by atoms with E-state index in [1.54, 1.807) is 6.92 Å². The summed E-state index contributed by atoms with van der Waals surface area (Å²) in [6.45, 7) is 2.01. The Morgan fingerprint density at radius 1 is 1.47 bits per heavy atom. The smallest absolute Gasteiger partial charge is 0.269 e. The van der Waals surface area contributed by atoms with Crippen molar-refractivity contribution in [3.63, 3.8) is 0 Å². The number of nitro groups is 1. The average molecular weight is 238 g/mol. The van der Waals surface area contributed by atoms with Crippen LogP contribution in [0, 0.1) is 10.1 Å². The predicted octanol–water partition coefficient (Wildman–Crippen LogP) is 1.10. The number of non-ortho nitro benzene ring substituents is 1. The Morgan fingerprint density at radius 3 is 2.53 bits per heavy atom. The van der Waals surface area contributed by atoms with Crippen LogP contribution in [0.5, 0.6) is 0 Å². The molecule has 6 nitrogen and oxygen atoms in total. The van der Waals surface area contributed by atoms with Crippen molar-refractivity contribution in [2.24, 2.45) is 0 Å². The molecule has 0 saturated carbocycles. The number of aliphatic hydroxyl groups excluding tert-OH is 1. The second kappa shape index (κ2) is 5.95. The number of aliphatic hydroxyl groups is 1. The van der Waals surface area contributed by atoms with Gasteiger partial charge in [0, 0.05) is 24.2 Å². The molecule has 0 spiro atoms. The molecule has 0 aromatic heterocycles. The minimum Gasteiger partial charge on any atom is -0.393 e. The Labute approximate surface area is 98.4 Å². The lowest BCUT2D eigenvalue weighted by atomic mass is 10.2. The minimum atomic E-state index is -0.519. The monoisotopic (exact) mass is 238 g/mol. The van der Waals surface area contributed by atoms with Crippen LogP contribution < -0.4 is 5.32 Å². The molecule has 2 N–H and O–H groups in total. The molecule has 17 heavy (non-hydrogen) atoms. The maximum absolute atomic E-state index is 11.5. The number of nitrogens with one attached hydrogen (secondary N) is 1. The van der Waals surface area contributed by atoms with E-state index in [1.807, 2.05) is 0 Å². The van der Waals surface area contributed by atoms with Crippen LogP contribution in [0.4, 0.5) is 5.69 Å². The molecule has 92 valence electrons. The SMILES string of the molecule is CC(O)CCNC(=O)c1ccc([N+](=O)[O-])cc1. The highest BCUT2D eigenvalue weighted by molar-refractivity contribution is 5.94. The fraction of sp³-hybridized carbons (Fsp3) is 0.364. The van der Waals surface area contributed by atoms with Crippen LogP contribution in [-0.4, -0.2) is 28.6 Å². The fourth-order valence-corrected chi connectivity index (χ4v) is 1.23. The first-order valence-electron chi connectivity index (χ1n) is 5.21. The van der Waals surface area contributed by atoms with Crippen LogP contribution in [0.25, 0.3) is 0 Å². The molecule has 1 rings (SSSR count). The molecule has 1 aromatic carbocycles. The van der Waals surface area contributed by atoms with Gasteiger partial charge in [-0.05, 0) is 25.5 Å². The topological polar surface area (TPSA) is 92.5 Å². The molecular weight excluding hydrogens is 224 g/mol. The van der Waals surface area contributed by atoms with Crippen molar-refractivity contribution in [1.29, 1.82) is 0 Å². The highest BCUT2D eigenvalue weighted by Gasteiger charge is 2.08. The Kier molecular flexibility index (Phi) is 4.59. The first kappa shape index (κ1) is 13.1. The third kappa shape index (κ3) is 4.20. The summed E-state index contributed by atoms with van der Waals surface area (Å²) >= 11 is 0. The lowest BCUT2D eigenvalue weighted by Gasteiger charge is -2.06. The van der Waals surface area contributed by atoms with Crippen molar-refractivity contribution in [3.05, 3.63) is 39.9 Å². The second-order valence-electron chi connectivity index (χ2n) is 3.70. The van der Waals surface area contributed by atoms with Gasteiger partial charge in [0.25, 0.3) is 11.6 Å². The largest absolute Gasteiger partial charge is 0.393 e. The van der Waals surface area contributed by atoms with E-state index in [0.717, 1.165) is 0 Å². The molecule has 0 aliphatic carbocycles. The maximum atomic E-state index is 11.5. The number of hydrogen-bond donors (Lipinski definition) is 2. The summed E-state index contributed by atoms with van der Waals surface area (Å²) in [4.78, 5) is 21.4. The van der Waals surface area contributed by atoms with Gasteiger partial charge in [-0.25, -0.2) is 0 Å². The van der Waals surface area contributed by atoms with E-state index in [-0.39, 0.29) is 11.6 Å². The first-order valence-corrected chi connectivity index (χ1v) is 5.21. The van der Waals surface area contributed by atoms with E-state index >= 15 is 0 Å². The van der Waals surface area contributed by atoms with Gasteiger partial charge in [0.15, 0.2) is 0 Å². The summed E-state index contributed by atoms with van der Waals surface area (Å²) in [5, 5.41) is 22.0. The second-order valence-corrected chi connectivity index (χ2v) is 3.70. The Bertz CT molecular complexity index is 400.